The van der Waals surface area contributed by atoms with Gasteiger partial charge in [0.25, 0.3) is 0 Å². The third-order valence-electron chi connectivity index (χ3n) is 3.24. The van der Waals surface area contributed by atoms with Crippen molar-refractivity contribution in [3.63, 3.8) is 0 Å². The zero-order valence-electron chi connectivity index (χ0n) is 10.4. The van der Waals surface area contributed by atoms with Crippen LogP contribution in [-0.2, 0) is 9.84 Å². The summed E-state index contributed by atoms with van der Waals surface area (Å²) in [6.07, 6.45) is 0.691. The molecule has 1 aliphatic heterocycles. The monoisotopic (exact) mass is 258 g/mol. The number of aryl methyl sites for hydroxylation is 2. The Morgan fingerprint density at radius 2 is 2.18 bits per heavy atom. The first kappa shape index (κ1) is 12.6. The number of nitrogens with zero attached hydrogens (tertiary/aromatic N) is 1. The van der Waals surface area contributed by atoms with Crippen molar-refractivity contribution >= 4 is 9.84 Å². The number of rotatable bonds is 3. The lowest BCUT2D eigenvalue weighted by atomic mass is 10.1. The summed E-state index contributed by atoms with van der Waals surface area (Å²) in [6, 6.07) is 0.114. The molecule has 0 aromatic carbocycles. The van der Waals surface area contributed by atoms with E-state index in [2.05, 4.69) is 10.5 Å². The van der Waals surface area contributed by atoms with Crippen molar-refractivity contribution in [1.82, 2.24) is 10.5 Å². The van der Waals surface area contributed by atoms with Crippen molar-refractivity contribution in [1.29, 1.82) is 0 Å². The van der Waals surface area contributed by atoms with Gasteiger partial charge in [-0.05, 0) is 27.2 Å². The van der Waals surface area contributed by atoms with Crippen molar-refractivity contribution < 1.29 is 12.9 Å². The Bertz CT molecular complexity index is 487. The SMILES string of the molecule is Cc1noc(C)c1C(C)NC1CCS(=O)(=O)C1. The molecule has 0 radical (unpaired) electrons. The van der Waals surface area contributed by atoms with Crippen LogP contribution >= 0.6 is 0 Å². The Morgan fingerprint density at radius 3 is 2.65 bits per heavy atom. The Hall–Kier alpha value is -0.880. The van der Waals surface area contributed by atoms with Gasteiger partial charge in [-0.2, -0.15) is 0 Å². The molecule has 1 aromatic rings. The standard InChI is InChI=1S/C11H18N2O3S/c1-7(11-8(2)13-16-9(11)3)12-10-4-5-17(14,15)6-10/h7,10,12H,4-6H2,1-3H3. The number of hydrogen-bond donors (Lipinski definition) is 1. The maximum absolute atomic E-state index is 11.4. The number of hydrogen-bond acceptors (Lipinski definition) is 5. The fourth-order valence-electron chi connectivity index (χ4n) is 2.47. The molecule has 0 spiro atoms. The summed E-state index contributed by atoms with van der Waals surface area (Å²) in [6.45, 7) is 5.78. The molecule has 5 nitrogen and oxygen atoms in total. The summed E-state index contributed by atoms with van der Waals surface area (Å²) in [5.41, 5.74) is 1.90. The van der Waals surface area contributed by atoms with Gasteiger partial charge in [0.2, 0.25) is 0 Å². The maximum Gasteiger partial charge on any atom is 0.151 e. The summed E-state index contributed by atoms with van der Waals surface area (Å²) >= 11 is 0. The summed E-state index contributed by atoms with van der Waals surface area (Å²) in [4.78, 5) is 0. The minimum Gasteiger partial charge on any atom is -0.361 e. The fraction of sp³-hybridized carbons (Fsp3) is 0.727. The van der Waals surface area contributed by atoms with E-state index in [1.165, 1.54) is 0 Å². The molecule has 0 aliphatic carbocycles. The lowest BCUT2D eigenvalue weighted by Crippen LogP contribution is -2.32. The zero-order valence-corrected chi connectivity index (χ0v) is 11.2. The molecular weight excluding hydrogens is 240 g/mol. The molecule has 1 aromatic heterocycles. The largest absolute Gasteiger partial charge is 0.361 e. The zero-order chi connectivity index (χ0) is 12.6. The summed E-state index contributed by atoms with van der Waals surface area (Å²) in [7, 11) is -2.83. The summed E-state index contributed by atoms with van der Waals surface area (Å²) in [5.74, 6) is 1.32. The van der Waals surface area contributed by atoms with E-state index in [0.717, 1.165) is 17.0 Å². The normalized spacial score (nSPS) is 25.0. The van der Waals surface area contributed by atoms with Crippen molar-refractivity contribution in [3.8, 4) is 0 Å². The Morgan fingerprint density at radius 1 is 1.47 bits per heavy atom. The molecule has 0 amide bonds. The highest BCUT2D eigenvalue weighted by atomic mass is 32.2. The van der Waals surface area contributed by atoms with E-state index in [0.29, 0.717) is 12.2 Å². The van der Waals surface area contributed by atoms with Crippen LogP contribution in [0.5, 0.6) is 0 Å². The van der Waals surface area contributed by atoms with Crippen molar-refractivity contribution in [3.05, 3.63) is 17.0 Å². The minimum atomic E-state index is -2.83. The van der Waals surface area contributed by atoms with Crippen LogP contribution in [0.2, 0.25) is 0 Å². The smallest absolute Gasteiger partial charge is 0.151 e. The Kier molecular flexibility index (Phi) is 3.27. The van der Waals surface area contributed by atoms with E-state index in [9.17, 15) is 8.42 Å². The highest BCUT2D eigenvalue weighted by Gasteiger charge is 2.29. The van der Waals surface area contributed by atoms with E-state index in [-0.39, 0.29) is 17.8 Å². The lowest BCUT2D eigenvalue weighted by molar-refractivity contribution is 0.389. The molecule has 2 unspecified atom stereocenters. The molecule has 1 fully saturated rings. The number of nitrogens with one attached hydrogen (secondary N) is 1. The maximum atomic E-state index is 11.4. The van der Waals surface area contributed by atoms with Crippen LogP contribution in [0.3, 0.4) is 0 Å². The van der Waals surface area contributed by atoms with Gasteiger partial charge in [0.15, 0.2) is 9.84 Å². The van der Waals surface area contributed by atoms with E-state index >= 15 is 0 Å². The second-order valence-corrected chi connectivity index (χ2v) is 6.95. The molecular formula is C11H18N2O3S. The Labute approximate surface area is 101 Å². The van der Waals surface area contributed by atoms with Gasteiger partial charge in [-0.15, -0.1) is 0 Å². The van der Waals surface area contributed by atoms with Gasteiger partial charge in [-0.1, -0.05) is 5.16 Å². The van der Waals surface area contributed by atoms with Gasteiger partial charge in [0.1, 0.15) is 5.76 Å². The molecule has 2 heterocycles. The van der Waals surface area contributed by atoms with Gasteiger partial charge >= 0.3 is 0 Å². The van der Waals surface area contributed by atoms with Gasteiger partial charge in [-0.25, -0.2) is 8.42 Å². The molecule has 0 saturated carbocycles. The number of sulfone groups is 1. The molecule has 17 heavy (non-hydrogen) atoms. The van der Waals surface area contributed by atoms with E-state index in [4.69, 9.17) is 4.52 Å². The predicted octanol–water partition coefficient (Wildman–Crippen LogP) is 1.13. The van der Waals surface area contributed by atoms with Crippen LogP contribution in [0.1, 0.15) is 36.4 Å². The second kappa shape index (κ2) is 4.42. The van der Waals surface area contributed by atoms with Crippen LogP contribution in [0.25, 0.3) is 0 Å². The van der Waals surface area contributed by atoms with E-state index in [1.54, 1.807) is 0 Å². The van der Waals surface area contributed by atoms with Gasteiger partial charge in [-0.3, -0.25) is 0 Å². The van der Waals surface area contributed by atoms with Crippen molar-refractivity contribution in [2.75, 3.05) is 11.5 Å². The molecule has 6 heteroatoms. The summed E-state index contributed by atoms with van der Waals surface area (Å²) in [5, 5.41) is 7.25. The first-order chi connectivity index (χ1) is 7.89. The van der Waals surface area contributed by atoms with Gasteiger partial charge in [0, 0.05) is 17.6 Å². The molecule has 96 valence electrons. The van der Waals surface area contributed by atoms with Crippen LogP contribution < -0.4 is 5.32 Å². The van der Waals surface area contributed by atoms with Gasteiger partial charge in [0.05, 0.1) is 17.2 Å². The average Bonchev–Trinajstić information content (AvgIpc) is 2.70. The van der Waals surface area contributed by atoms with E-state index in [1.807, 2.05) is 20.8 Å². The number of aromatic nitrogens is 1. The highest BCUT2D eigenvalue weighted by Crippen LogP contribution is 2.23. The molecule has 2 rings (SSSR count). The predicted molar refractivity (Wildman–Crippen MR) is 64.6 cm³/mol. The average molecular weight is 258 g/mol. The highest BCUT2D eigenvalue weighted by molar-refractivity contribution is 7.91. The summed E-state index contributed by atoms with van der Waals surface area (Å²) < 4.78 is 27.9. The Balaban J connectivity index is 2.06. The van der Waals surface area contributed by atoms with Crippen LogP contribution in [-0.4, -0.2) is 31.1 Å². The third-order valence-corrected chi connectivity index (χ3v) is 5.01. The molecule has 1 aliphatic rings. The van der Waals surface area contributed by atoms with Crippen molar-refractivity contribution in [2.24, 2.45) is 0 Å². The van der Waals surface area contributed by atoms with Crippen LogP contribution in [0.4, 0.5) is 0 Å². The quantitative estimate of drug-likeness (QED) is 0.880. The minimum absolute atomic E-state index is 0.0451. The third kappa shape index (κ3) is 2.69. The van der Waals surface area contributed by atoms with Crippen molar-refractivity contribution in [2.45, 2.75) is 39.3 Å². The van der Waals surface area contributed by atoms with E-state index < -0.39 is 9.84 Å². The van der Waals surface area contributed by atoms with Crippen LogP contribution in [0.15, 0.2) is 4.52 Å². The second-order valence-electron chi connectivity index (χ2n) is 4.73. The molecule has 1 N–H and O–H groups in total. The first-order valence-electron chi connectivity index (χ1n) is 5.78. The van der Waals surface area contributed by atoms with Gasteiger partial charge < -0.3 is 9.84 Å². The first-order valence-corrected chi connectivity index (χ1v) is 7.60. The molecule has 1 saturated heterocycles. The molecule has 2 atom stereocenters. The van der Waals surface area contributed by atoms with Crippen LogP contribution in [0, 0.1) is 13.8 Å². The molecule has 0 bridgehead atoms. The lowest BCUT2D eigenvalue weighted by Gasteiger charge is -2.18. The topological polar surface area (TPSA) is 72.2 Å². The fourth-order valence-corrected chi connectivity index (χ4v) is 4.16.